The summed E-state index contributed by atoms with van der Waals surface area (Å²) in [4.78, 5) is 1.28. The molecule has 3 heteroatoms. The summed E-state index contributed by atoms with van der Waals surface area (Å²) in [5.41, 5.74) is 1.11. The van der Waals surface area contributed by atoms with Gasteiger partial charge in [-0.05, 0) is 48.7 Å². The summed E-state index contributed by atoms with van der Waals surface area (Å²) >= 11 is 1.83. The van der Waals surface area contributed by atoms with Gasteiger partial charge in [0.05, 0.1) is 0 Å². The van der Waals surface area contributed by atoms with E-state index in [1.165, 1.54) is 4.90 Å². The molecule has 0 amide bonds. The zero-order chi connectivity index (χ0) is 13.1. The molecule has 0 radical (unpaired) electrons. The average Bonchev–Trinajstić information content (AvgIpc) is 2.46. The number of phenolic OH excluding ortho intramolecular Hbond substituents is 1. The van der Waals surface area contributed by atoms with Gasteiger partial charge in [0.2, 0.25) is 0 Å². The lowest BCUT2D eigenvalue weighted by molar-refractivity contribution is 0.196. The molecule has 0 fully saturated rings. The van der Waals surface area contributed by atoms with E-state index in [0.717, 1.165) is 29.9 Å². The van der Waals surface area contributed by atoms with Crippen LogP contribution in [0.15, 0.2) is 53.4 Å². The molecule has 19 heavy (non-hydrogen) atoms. The monoisotopic (exact) mass is 272 g/mol. The van der Waals surface area contributed by atoms with E-state index < -0.39 is 0 Å². The molecule has 0 aromatic heterocycles. The number of aryl methyl sites for hydroxylation is 1. The molecule has 0 aliphatic carbocycles. The minimum Gasteiger partial charge on any atom is -0.508 e. The first-order valence-electron chi connectivity index (χ1n) is 6.47. The van der Waals surface area contributed by atoms with Crippen LogP contribution in [0.5, 0.6) is 11.5 Å². The van der Waals surface area contributed by atoms with Gasteiger partial charge < -0.3 is 9.84 Å². The summed E-state index contributed by atoms with van der Waals surface area (Å²) in [5.74, 6) is 2.20. The third-order valence-corrected chi connectivity index (χ3v) is 4.40. The molecule has 98 valence electrons. The molecule has 0 spiro atoms. The van der Waals surface area contributed by atoms with Gasteiger partial charge in [0.1, 0.15) is 17.6 Å². The van der Waals surface area contributed by atoms with Gasteiger partial charge in [0.15, 0.2) is 0 Å². The van der Waals surface area contributed by atoms with Crippen molar-refractivity contribution in [2.24, 2.45) is 0 Å². The van der Waals surface area contributed by atoms with E-state index in [-0.39, 0.29) is 6.10 Å². The fourth-order valence-corrected chi connectivity index (χ4v) is 3.22. The lowest BCUT2D eigenvalue weighted by Gasteiger charge is -2.26. The predicted octanol–water partition coefficient (Wildman–Crippen LogP) is 3.88. The summed E-state index contributed by atoms with van der Waals surface area (Å²) in [6.07, 6.45) is 2.24. The normalized spacial score (nSPS) is 17.6. The predicted molar refractivity (Wildman–Crippen MR) is 78.0 cm³/mol. The van der Waals surface area contributed by atoms with Gasteiger partial charge in [-0.25, -0.2) is 0 Å². The maximum absolute atomic E-state index is 9.45. The Kier molecular flexibility index (Phi) is 3.65. The summed E-state index contributed by atoms with van der Waals surface area (Å²) in [5, 5.41) is 9.45. The van der Waals surface area contributed by atoms with Crippen molar-refractivity contribution in [2.45, 2.75) is 23.8 Å². The topological polar surface area (TPSA) is 29.5 Å². The van der Waals surface area contributed by atoms with E-state index >= 15 is 0 Å². The first kappa shape index (κ1) is 12.4. The van der Waals surface area contributed by atoms with E-state index in [9.17, 15) is 5.11 Å². The number of rotatable bonds is 3. The first-order valence-corrected chi connectivity index (χ1v) is 7.46. The quantitative estimate of drug-likeness (QED) is 0.860. The zero-order valence-electron chi connectivity index (χ0n) is 10.6. The van der Waals surface area contributed by atoms with Crippen LogP contribution in [0, 0.1) is 0 Å². The highest BCUT2D eigenvalue weighted by atomic mass is 32.2. The molecule has 1 aliphatic heterocycles. The molecule has 0 bridgehead atoms. The Labute approximate surface area is 117 Å². The number of phenols is 1. The Bertz CT molecular complexity index is 554. The molecule has 1 unspecified atom stereocenters. The number of thioether (sulfide) groups is 1. The summed E-state index contributed by atoms with van der Waals surface area (Å²) in [6, 6.07) is 15.7. The van der Waals surface area contributed by atoms with Gasteiger partial charge in [-0.1, -0.05) is 18.2 Å². The van der Waals surface area contributed by atoms with Crippen molar-refractivity contribution in [1.82, 2.24) is 0 Å². The van der Waals surface area contributed by atoms with E-state index in [4.69, 9.17) is 4.74 Å². The van der Waals surface area contributed by atoms with Crippen LogP contribution in [0.25, 0.3) is 0 Å². The van der Waals surface area contributed by atoms with Gasteiger partial charge in [-0.15, -0.1) is 11.8 Å². The molecular formula is C16H16O2S. The van der Waals surface area contributed by atoms with E-state index in [0.29, 0.717) is 5.75 Å². The third kappa shape index (κ3) is 3.04. The molecule has 1 aliphatic rings. The van der Waals surface area contributed by atoms with Gasteiger partial charge in [-0.3, -0.25) is 0 Å². The second kappa shape index (κ2) is 5.57. The maximum atomic E-state index is 9.45. The van der Waals surface area contributed by atoms with Crippen LogP contribution in [0.4, 0.5) is 0 Å². The van der Waals surface area contributed by atoms with Crippen molar-refractivity contribution in [3.63, 3.8) is 0 Å². The summed E-state index contributed by atoms with van der Waals surface area (Å²) < 4.78 is 5.98. The Hall–Kier alpha value is -1.61. The third-order valence-electron chi connectivity index (χ3n) is 3.25. The fraction of sp³-hybridized carbons (Fsp3) is 0.250. The van der Waals surface area contributed by atoms with E-state index in [1.807, 2.05) is 23.9 Å². The van der Waals surface area contributed by atoms with E-state index in [1.54, 1.807) is 12.1 Å². The van der Waals surface area contributed by atoms with Gasteiger partial charge >= 0.3 is 0 Å². The largest absolute Gasteiger partial charge is 0.508 e. The van der Waals surface area contributed by atoms with Crippen LogP contribution in [-0.4, -0.2) is 17.0 Å². The number of hydrogen-bond donors (Lipinski definition) is 1. The molecule has 2 aromatic rings. The van der Waals surface area contributed by atoms with Crippen LogP contribution in [0.2, 0.25) is 0 Å². The Balaban J connectivity index is 1.61. The Morgan fingerprint density at radius 1 is 1.16 bits per heavy atom. The molecule has 0 saturated heterocycles. The molecule has 1 heterocycles. The second-order valence-electron chi connectivity index (χ2n) is 4.69. The lowest BCUT2D eigenvalue weighted by atomic mass is 10.0. The molecule has 1 N–H and O–H groups in total. The SMILES string of the molecule is Oc1ccc2c(c1)CCC(CSc1ccccc1)O2. The minimum absolute atomic E-state index is 0.252. The standard InChI is InChI=1S/C16H16O2S/c17-13-7-9-16-12(10-13)6-8-14(18-16)11-19-15-4-2-1-3-5-15/h1-5,7,9-10,14,17H,6,8,11H2. The van der Waals surface area contributed by atoms with Crippen molar-refractivity contribution in [2.75, 3.05) is 5.75 Å². The number of fused-ring (bicyclic) bond motifs is 1. The molecule has 1 atom stereocenters. The smallest absolute Gasteiger partial charge is 0.123 e. The summed E-state index contributed by atoms with van der Waals surface area (Å²) in [7, 11) is 0. The molecule has 2 nitrogen and oxygen atoms in total. The molecular weight excluding hydrogens is 256 g/mol. The number of ether oxygens (including phenoxy) is 1. The van der Waals surface area contributed by atoms with Crippen LogP contribution in [0.3, 0.4) is 0 Å². The summed E-state index contributed by atoms with van der Waals surface area (Å²) in [6.45, 7) is 0. The minimum atomic E-state index is 0.252. The van der Waals surface area contributed by atoms with Gasteiger partial charge in [-0.2, -0.15) is 0 Å². The number of aromatic hydroxyl groups is 1. The maximum Gasteiger partial charge on any atom is 0.123 e. The molecule has 3 rings (SSSR count). The van der Waals surface area contributed by atoms with Crippen molar-refractivity contribution < 1.29 is 9.84 Å². The van der Waals surface area contributed by atoms with Crippen LogP contribution < -0.4 is 4.74 Å². The Morgan fingerprint density at radius 3 is 2.84 bits per heavy atom. The average molecular weight is 272 g/mol. The first-order chi connectivity index (χ1) is 9.31. The van der Waals surface area contributed by atoms with Crippen molar-refractivity contribution in [3.05, 3.63) is 54.1 Å². The van der Waals surface area contributed by atoms with Gasteiger partial charge in [0.25, 0.3) is 0 Å². The van der Waals surface area contributed by atoms with Crippen molar-refractivity contribution >= 4 is 11.8 Å². The highest BCUT2D eigenvalue weighted by molar-refractivity contribution is 7.99. The van der Waals surface area contributed by atoms with Gasteiger partial charge in [0, 0.05) is 10.6 Å². The lowest BCUT2D eigenvalue weighted by Crippen LogP contribution is -2.24. The second-order valence-corrected chi connectivity index (χ2v) is 5.79. The fourth-order valence-electron chi connectivity index (χ4n) is 2.25. The molecule has 2 aromatic carbocycles. The number of benzene rings is 2. The van der Waals surface area contributed by atoms with Crippen LogP contribution >= 0.6 is 11.8 Å². The molecule has 0 saturated carbocycles. The zero-order valence-corrected chi connectivity index (χ0v) is 11.4. The number of hydrogen-bond acceptors (Lipinski definition) is 3. The Morgan fingerprint density at radius 2 is 2.00 bits per heavy atom. The van der Waals surface area contributed by atoms with E-state index in [2.05, 4.69) is 24.3 Å². The van der Waals surface area contributed by atoms with Crippen molar-refractivity contribution in [1.29, 1.82) is 0 Å². The van der Waals surface area contributed by atoms with Crippen LogP contribution in [0.1, 0.15) is 12.0 Å². The highest BCUT2D eigenvalue weighted by Gasteiger charge is 2.20. The van der Waals surface area contributed by atoms with Crippen molar-refractivity contribution in [3.8, 4) is 11.5 Å². The highest BCUT2D eigenvalue weighted by Crippen LogP contribution is 2.32. The van der Waals surface area contributed by atoms with Crippen LogP contribution in [-0.2, 0) is 6.42 Å².